The number of benzene rings is 2. The third-order valence-electron chi connectivity index (χ3n) is 5.87. The Bertz CT molecular complexity index is 1380. The highest BCUT2D eigenvalue weighted by Crippen LogP contribution is 2.31. The topological polar surface area (TPSA) is 87.4 Å². The third kappa shape index (κ3) is 4.14. The summed E-state index contributed by atoms with van der Waals surface area (Å²) in [6.45, 7) is 6.15. The molecule has 0 bridgehead atoms. The predicted octanol–water partition coefficient (Wildman–Crippen LogP) is 4.41. The number of hydrogen-bond donors (Lipinski definition) is 1. The molecule has 0 aliphatic rings. The van der Waals surface area contributed by atoms with E-state index >= 15 is 0 Å². The van der Waals surface area contributed by atoms with E-state index < -0.39 is 6.04 Å². The normalized spacial score (nSPS) is 11.9. The van der Waals surface area contributed by atoms with E-state index in [1.807, 2.05) is 44.2 Å². The van der Waals surface area contributed by atoms with Crippen molar-refractivity contribution in [3.05, 3.63) is 70.6 Å². The summed E-state index contributed by atoms with van der Waals surface area (Å²) in [6, 6.07) is 15.6. The summed E-state index contributed by atoms with van der Waals surface area (Å²) in [7, 11) is 3.09. The number of nitrogens with zero attached hydrogens (tertiary/aromatic N) is 3. The lowest BCUT2D eigenvalue weighted by molar-refractivity contribution is -0.118. The molecule has 34 heavy (non-hydrogen) atoms. The van der Waals surface area contributed by atoms with Crippen molar-refractivity contribution in [3.63, 3.8) is 0 Å². The van der Waals surface area contributed by atoms with Gasteiger partial charge in [0.2, 0.25) is 5.91 Å². The van der Waals surface area contributed by atoms with E-state index in [-0.39, 0.29) is 11.5 Å². The maximum atomic E-state index is 13.4. The predicted molar refractivity (Wildman–Crippen MR) is 133 cm³/mol. The van der Waals surface area contributed by atoms with Gasteiger partial charge in [0.25, 0.3) is 5.56 Å². The Morgan fingerprint density at radius 2 is 1.71 bits per heavy atom. The Labute approximate surface area is 197 Å². The molecule has 2 aromatic carbocycles. The minimum Gasteiger partial charge on any atom is -0.497 e. The van der Waals surface area contributed by atoms with Crippen LogP contribution < -0.4 is 20.3 Å². The third-order valence-corrected chi connectivity index (χ3v) is 5.87. The fraction of sp³-hybridized carbons (Fsp3) is 0.269. The standard InChI is InChI=1S/C26H28N4O4/c1-6-29-26-24(16(2)28-29)22(18-10-8-7-9-11-18)15-23(31)30(26)17(3)25(32)27-19-12-20(33-4)14-21(13-19)34-5/h7-15,17H,6H2,1-5H3,(H,27,32). The van der Waals surface area contributed by atoms with Gasteiger partial charge in [0.1, 0.15) is 23.2 Å². The lowest BCUT2D eigenvalue weighted by Crippen LogP contribution is -2.32. The largest absolute Gasteiger partial charge is 0.497 e. The Kier molecular flexibility index (Phi) is 6.40. The minimum absolute atomic E-state index is 0.271. The number of ether oxygens (including phenoxy) is 2. The molecular formula is C26H28N4O4. The quantitative estimate of drug-likeness (QED) is 0.441. The first-order valence-corrected chi connectivity index (χ1v) is 11.1. The molecule has 1 atom stereocenters. The second-order valence-electron chi connectivity index (χ2n) is 8.00. The average molecular weight is 461 g/mol. The van der Waals surface area contributed by atoms with Gasteiger partial charge in [-0.2, -0.15) is 5.10 Å². The summed E-state index contributed by atoms with van der Waals surface area (Å²) in [6.07, 6.45) is 0. The Balaban J connectivity index is 1.82. The van der Waals surface area contributed by atoms with Crippen LogP contribution in [-0.2, 0) is 11.3 Å². The van der Waals surface area contributed by atoms with E-state index in [0.29, 0.717) is 29.4 Å². The molecule has 0 saturated carbocycles. The van der Waals surface area contributed by atoms with E-state index in [9.17, 15) is 9.59 Å². The van der Waals surface area contributed by atoms with Crippen molar-refractivity contribution in [3.8, 4) is 22.6 Å². The molecule has 0 saturated heterocycles. The smallest absolute Gasteiger partial charge is 0.253 e. The molecule has 4 aromatic rings. The summed E-state index contributed by atoms with van der Waals surface area (Å²) in [5, 5.41) is 8.40. The van der Waals surface area contributed by atoms with Gasteiger partial charge >= 0.3 is 0 Å². The maximum absolute atomic E-state index is 13.4. The zero-order chi connectivity index (χ0) is 24.4. The molecule has 2 aromatic heterocycles. The van der Waals surface area contributed by atoms with Gasteiger partial charge in [0.05, 0.1) is 19.9 Å². The van der Waals surface area contributed by atoms with Crippen molar-refractivity contribution >= 4 is 22.6 Å². The summed E-state index contributed by atoms with van der Waals surface area (Å²) in [5.74, 6) is 0.759. The van der Waals surface area contributed by atoms with Crippen molar-refractivity contribution in [2.24, 2.45) is 0 Å². The van der Waals surface area contributed by atoms with Crippen molar-refractivity contribution in [2.45, 2.75) is 33.4 Å². The number of carbonyl (C=O) groups is 1. The minimum atomic E-state index is -0.793. The van der Waals surface area contributed by atoms with Crippen molar-refractivity contribution in [1.29, 1.82) is 0 Å². The summed E-state index contributed by atoms with van der Waals surface area (Å²) in [5.41, 5.74) is 3.40. The van der Waals surface area contributed by atoms with Crippen LogP contribution >= 0.6 is 0 Å². The number of anilines is 1. The number of pyridine rings is 1. The first-order valence-electron chi connectivity index (χ1n) is 11.1. The number of hydrogen-bond acceptors (Lipinski definition) is 5. The first-order chi connectivity index (χ1) is 16.4. The molecule has 8 nitrogen and oxygen atoms in total. The molecule has 0 aliphatic heterocycles. The molecular weight excluding hydrogens is 432 g/mol. The van der Waals surface area contributed by atoms with Gasteiger partial charge in [-0.3, -0.25) is 14.2 Å². The fourth-order valence-corrected chi connectivity index (χ4v) is 4.18. The molecule has 1 N–H and O–H groups in total. The Morgan fingerprint density at radius 1 is 1.06 bits per heavy atom. The summed E-state index contributed by atoms with van der Waals surface area (Å²) >= 11 is 0. The molecule has 0 fully saturated rings. The first kappa shape index (κ1) is 23.1. The molecule has 0 radical (unpaired) electrons. The van der Waals surface area contributed by atoms with Crippen LogP contribution in [0.1, 0.15) is 25.6 Å². The zero-order valence-electron chi connectivity index (χ0n) is 20.0. The van der Waals surface area contributed by atoms with Crippen LogP contribution in [0.5, 0.6) is 11.5 Å². The highest BCUT2D eigenvalue weighted by Gasteiger charge is 2.24. The van der Waals surface area contributed by atoms with Gasteiger partial charge in [-0.05, 0) is 31.9 Å². The molecule has 2 heterocycles. The lowest BCUT2D eigenvalue weighted by Gasteiger charge is -2.19. The van der Waals surface area contributed by atoms with E-state index in [0.717, 1.165) is 22.2 Å². The van der Waals surface area contributed by atoms with Crippen LogP contribution in [0.25, 0.3) is 22.2 Å². The van der Waals surface area contributed by atoms with Crippen LogP contribution in [0.3, 0.4) is 0 Å². The number of carbonyl (C=O) groups excluding carboxylic acids is 1. The molecule has 8 heteroatoms. The summed E-state index contributed by atoms with van der Waals surface area (Å²) < 4.78 is 13.9. The Hall–Kier alpha value is -4.07. The van der Waals surface area contributed by atoms with Crippen molar-refractivity contribution < 1.29 is 14.3 Å². The molecule has 0 spiro atoms. The van der Waals surface area contributed by atoms with Gasteiger partial charge < -0.3 is 14.8 Å². The lowest BCUT2D eigenvalue weighted by atomic mass is 10.0. The van der Waals surface area contributed by atoms with Gasteiger partial charge in [0, 0.05) is 41.9 Å². The van der Waals surface area contributed by atoms with Gasteiger partial charge in [-0.15, -0.1) is 0 Å². The molecule has 176 valence electrons. The van der Waals surface area contributed by atoms with Crippen LogP contribution in [0.4, 0.5) is 5.69 Å². The van der Waals surface area contributed by atoms with Gasteiger partial charge in [-0.1, -0.05) is 30.3 Å². The maximum Gasteiger partial charge on any atom is 0.253 e. The van der Waals surface area contributed by atoms with Crippen molar-refractivity contribution in [1.82, 2.24) is 14.3 Å². The highest BCUT2D eigenvalue weighted by molar-refractivity contribution is 5.98. The van der Waals surface area contributed by atoms with E-state index in [1.165, 1.54) is 4.57 Å². The zero-order valence-corrected chi connectivity index (χ0v) is 20.0. The highest BCUT2D eigenvalue weighted by atomic mass is 16.5. The number of aryl methyl sites for hydroxylation is 2. The van der Waals surface area contributed by atoms with Crippen molar-refractivity contribution in [2.75, 3.05) is 19.5 Å². The number of nitrogens with one attached hydrogen (secondary N) is 1. The second kappa shape index (κ2) is 9.43. The van der Waals surface area contributed by atoms with Crippen LogP contribution in [-0.4, -0.2) is 34.5 Å². The average Bonchev–Trinajstić information content (AvgIpc) is 3.19. The fourth-order valence-electron chi connectivity index (χ4n) is 4.18. The SMILES string of the molecule is CCn1nc(C)c2c(-c3ccccc3)cc(=O)n(C(C)C(=O)Nc3cc(OC)cc(OC)c3)c21. The van der Waals surface area contributed by atoms with Crippen LogP contribution in [0, 0.1) is 6.92 Å². The second-order valence-corrected chi connectivity index (χ2v) is 8.00. The molecule has 1 unspecified atom stereocenters. The number of rotatable bonds is 7. The van der Waals surface area contributed by atoms with E-state index in [1.54, 1.807) is 50.1 Å². The van der Waals surface area contributed by atoms with Gasteiger partial charge in [0.15, 0.2) is 0 Å². The summed E-state index contributed by atoms with van der Waals surface area (Å²) in [4.78, 5) is 26.7. The van der Waals surface area contributed by atoms with E-state index in [4.69, 9.17) is 9.47 Å². The van der Waals surface area contributed by atoms with E-state index in [2.05, 4.69) is 10.4 Å². The van der Waals surface area contributed by atoms with Crippen LogP contribution in [0.15, 0.2) is 59.4 Å². The number of aromatic nitrogens is 3. The Morgan fingerprint density at radius 3 is 2.29 bits per heavy atom. The molecule has 4 rings (SSSR count). The monoisotopic (exact) mass is 460 g/mol. The molecule has 0 aliphatic carbocycles. The van der Waals surface area contributed by atoms with Crippen LogP contribution in [0.2, 0.25) is 0 Å². The molecule has 1 amide bonds. The number of fused-ring (bicyclic) bond motifs is 1. The number of methoxy groups -OCH3 is 2. The number of amides is 1. The van der Waals surface area contributed by atoms with Gasteiger partial charge in [-0.25, -0.2) is 4.68 Å².